The van der Waals surface area contributed by atoms with Gasteiger partial charge in [0.25, 0.3) is 0 Å². The SMILES string of the molecule is C#CCN(Cc1cc2ccccc2cc1N)CC1CC1. The first-order valence-electron chi connectivity index (χ1n) is 7.19. The van der Waals surface area contributed by atoms with Gasteiger partial charge < -0.3 is 5.73 Å². The Bertz CT molecular complexity index is 650. The van der Waals surface area contributed by atoms with E-state index in [2.05, 4.69) is 41.2 Å². The fraction of sp³-hybridized carbons (Fsp3) is 0.333. The van der Waals surface area contributed by atoms with Crippen LogP contribution in [0.3, 0.4) is 0 Å². The second kappa shape index (κ2) is 5.56. The van der Waals surface area contributed by atoms with Crippen LogP contribution in [0, 0.1) is 18.3 Å². The van der Waals surface area contributed by atoms with Gasteiger partial charge in [0.2, 0.25) is 0 Å². The molecule has 2 aromatic rings. The molecule has 1 aliphatic rings. The summed E-state index contributed by atoms with van der Waals surface area (Å²) < 4.78 is 0. The van der Waals surface area contributed by atoms with E-state index in [4.69, 9.17) is 12.2 Å². The van der Waals surface area contributed by atoms with Crippen LogP contribution < -0.4 is 5.73 Å². The summed E-state index contributed by atoms with van der Waals surface area (Å²) in [7, 11) is 0. The van der Waals surface area contributed by atoms with Crippen molar-refractivity contribution >= 4 is 16.5 Å². The second-order valence-corrected chi connectivity index (χ2v) is 5.72. The first-order valence-corrected chi connectivity index (χ1v) is 7.19. The number of nitrogens with zero attached hydrogens (tertiary/aromatic N) is 1. The van der Waals surface area contributed by atoms with Gasteiger partial charge in [0.15, 0.2) is 0 Å². The lowest BCUT2D eigenvalue weighted by Gasteiger charge is -2.21. The summed E-state index contributed by atoms with van der Waals surface area (Å²) in [6.07, 6.45) is 8.17. The molecule has 0 heterocycles. The summed E-state index contributed by atoms with van der Waals surface area (Å²) in [4.78, 5) is 2.33. The normalized spacial score (nSPS) is 14.6. The van der Waals surface area contributed by atoms with E-state index in [0.717, 1.165) is 24.7 Å². The summed E-state index contributed by atoms with van der Waals surface area (Å²) in [5, 5.41) is 2.43. The number of hydrogen-bond acceptors (Lipinski definition) is 2. The molecule has 0 unspecified atom stereocenters. The zero-order valence-electron chi connectivity index (χ0n) is 11.7. The molecular weight excluding hydrogens is 244 g/mol. The molecule has 0 aliphatic heterocycles. The van der Waals surface area contributed by atoms with Crippen molar-refractivity contribution in [3.05, 3.63) is 42.0 Å². The molecule has 1 saturated carbocycles. The van der Waals surface area contributed by atoms with Crippen LogP contribution in [0.2, 0.25) is 0 Å². The third-order valence-electron chi connectivity index (χ3n) is 3.93. The molecule has 2 heteroatoms. The summed E-state index contributed by atoms with van der Waals surface area (Å²) in [6.45, 7) is 2.64. The van der Waals surface area contributed by atoms with Crippen LogP contribution in [0.25, 0.3) is 10.8 Å². The standard InChI is InChI=1S/C18H20N2/c1-2-9-20(12-14-7-8-14)13-17-10-15-5-3-4-6-16(15)11-18(17)19/h1,3-6,10-11,14H,7-9,12-13,19H2. The average Bonchev–Trinajstić information content (AvgIpc) is 3.24. The third-order valence-corrected chi connectivity index (χ3v) is 3.93. The van der Waals surface area contributed by atoms with Crippen LogP contribution in [0.15, 0.2) is 36.4 Å². The molecule has 3 rings (SSSR count). The van der Waals surface area contributed by atoms with Crippen molar-refractivity contribution in [1.82, 2.24) is 4.90 Å². The number of anilines is 1. The van der Waals surface area contributed by atoms with Crippen LogP contribution in [0.5, 0.6) is 0 Å². The largest absolute Gasteiger partial charge is 0.398 e. The van der Waals surface area contributed by atoms with E-state index in [1.807, 2.05) is 6.07 Å². The zero-order chi connectivity index (χ0) is 13.9. The molecule has 0 bridgehead atoms. The quantitative estimate of drug-likeness (QED) is 0.663. The maximum atomic E-state index is 6.20. The van der Waals surface area contributed by atoms with Gasteiger partial charge in [-0.2, -0.15) is 0 Å². The van der Waals surface area contributed by atoms with E-state index in [0.29, 0.717) is 6.54 Å². The minimum atomic E-state index is 0.697. The topological polar surface area (TPSA) is 29.3 Å². The summed E-state index contributed by atoms with van der Waals surface area (Å²) in [5.74, 6) is 3.60. The highest BCUT2D eigenvalue weighted by molar-refractivity contribution is 5.86. The maximum Gasteiger partial charge on any atom is 0.0601 e. The monoisotopic (exact) mass is 264 g/mol. The van der Waals surface area contributed by atoms with Crippen LogP contribution in [0.1, 0.15) is 18.4 Å². The molecule has 1 fully saturated rings. The molecule has 0 aromatic heterocycles. The van der Waals surface area contributed by atoms with Crippen LogP contribution in [-0.4, -0.2) is 18.0 Å². The minimum absolute atomic E-state index is 0.697. The Morgan fingerprint density at radius 3 is 2.55 bits per heavy atom. The van der Waals surface area contributed by atoms with Gasteiger partial charge in [-0.3, -0.25) is 4.90 Å². The van der Waals surface area contributed by atoms with Gasteiger partial charge in [-0.05, 0) is 47.2 Å². The van der Waals surface area contributed by atoms with Gasteiger partial charge in [-0.1, -0.05) is 30.2 Å². The molecule has 2 nitrogen and oxygen atoms in total. The van der Waals surface area contributed by atoms with Gasteiger partial charge in [0, 0.05) is 18.8 Å². The molecule has 0 spiro atoms. The Labute approximate surface area is 120 Å². The van der Waals surface area contributed by atoms with E-state index < -0.39 is 0 Å². The predicted octanol–water partition coefficient (Wildman–Crippen LogP) is 3.27. The van der Waals surface area contributed by atoms with Crippen molar-refractivity contribution in [3.63, 3.8) is 0 Å². The molecule has 0 saturated heterocycles. The molecule has 1 aliphatic carbocycles. The molecule has 2 N–H and O–H groups in total. The van der Waals surface area contributed by atoms with Crippen molar-refractivity contribution in [2.75, 3.05) is 18.8 Å². The van der Waals surface area contributed by atoms with Crippen molar-refractivity contribution in [2.45, 2.75) is 19.4 Å². The first-order chi connectivity index (χ1) is 9.76. The molecule has 0 atom stereocenters. The van der Waals surface area contributed by atoms with Gasteiger partial charge >= 0.3 is 0 Å². The molecule has 0 radical (unpaired) electrons. The lowest BCUT2D eigenvalue weighted by atomic mass is 10.0. The number of hydrogen-bond donors (Lipinski definition) is 1. The summed E-state index contributed by atoms with van der Waals surface area (Å²) >= 11 is 0. The lowest BCUT2D eigenvalue weighted by molar-refractivity contribution is 0.287. The molecular formula is C18H20N2. The smallest absolute Gasteiger partial charge is 0.0601 e. The van der Waals surface area contributed by atoms with Crippen LogP contribution >= 0.6 is 0 Å². The van der Waals surface area contributed by atoms with Gasteiger partial charge in [-0.25, -0.2) is 0 Å². The van der Waals surface area contributed by atoms with E-state index >= 15 is 0 Å². The van der Waals surface area contributed by atoms with E-state index in [1.165, 1.54) is 29.2 Å². The van der Waals surface area contributed by atoms with E-state index in [1.54, 1.807) is 0 Å². The Balaban J connectivity index is 1.84. The highest BCUT2D eigenvalue weighted by Crippen LogP contribution is 2.31. The first kappa shape index (κ1) is 13.0. The Hall–Kier alpha value is -1.98. The van der Waals surface area contributed by atoms with Crippen molar-refractivity contribution in [1.29, 1.82) is 0 Å². The van der Waals surface area contributed by atoms with Crippen LogP contribution in [-0.2, 0) is 6.54 Å². The number of terminal acetylenes is 1. The zero-order valence-corrected chi connectivity index (χ0v) is 11.7. The second-order valence-electron chi connectivity index (χ2n) is 5.72. The Morgan fingerprint density at radius 1 is 1.20 bits per heavy atom. The minimum Gasteiger partial charge on any atom is -0.398 e. The van der Waals surface area contributed by atoms with Crippen LogP contribution in [0.4, 0.5) is 5.69 Å². The number of fused-ring (bicyclic) bond motifs is 1. The number of benzene rings is 2. The fourth-order valence-electron chi connectivity index (χ4n) is 2.66. The van der Waals surface area contributed by atoms with E-state index in [9.17, 15) is 0 Å². The van der Waals surface area contributed by atoms with Gasteiger partial charge in [0.1, 0.15) is 0 Å². The van der Waals surface area contributed by atoms with Crippen molar-refractivity contribution < 1.29 is 0 Å². The maximum absolute atomic E-state index is 6.20. The van der Waals surface area contributed by atoms with Gasteiger partial charge in [0.05, 0.1) is 6.54 Å². The molecule has 20 heavy (non-hydrogen) atoms. The van der Waals surface area contributed by atoms with Crippen molar-refractivity contribution in [3.8, 4) is 12.3 Å². The highest BCUT2D eigenvalue weighted by atomic mass is 15.1. The predicted molar refractivity (Wildman–Crippen MR) is 85.2 cm³/mol. The Kier molecular flexibility index (Phi) is 3.62. The van der Waals surface area contributed by atoms with Crippen molar-refractivity contribution in [2.24, 2.45) is 5.92 Å². The fourth-order valence-corrected chi connectivity index (χ4v) is 2.66. The van der Waals surface area contributed by atoms with E-state index in [-0.39, 0.29) is 0 Å². The number of rotatable bonds is 5. The molecule has 2 aromatic carbocycles. The molecule has 0 amide bonds. The Morgan fingerprint density at radius 2 is 1.90 bits per heavy atom. The number of nitrogen functional groups attached to an aromatic ring is 1. The summed E-state index contributed by atoms with van der Waals surface area (Å²) in [6, 6.07) is 12.6. The average molecular weight is 264 g/mol. The highest BCUT2D eigenvalue weighted by Gasteiger charge is 2.24. The number of nitrogens with two attached hydrogens (primary N) is 1. The lowest BCUT2D eigenvalue weighted by Crippen LogP contribution is -2.26. The molecule has 102 valence electrons. The third kappa shape index (κ3) is 2.95. The summed E-state index contributed by atoms with van der Waals surface area (Å²) in [5.41, 5.74) is 8.24. The van der Waals surface area contributed by atoms with Gasteiger partial charge in [-0.15, -0.1) is 6.42 Å².